The average molecular weight is 385 g/mol. The van der Waals surface area contributed by atoms with Gasteiger partial charge < -0.3 is 15.4 Å². The van der Waals surface area contributed by atoms with Gasteiger partial charge in [0.2, 0.25) is 0 Å². The number of rotatable bonds is 8. The largest absolute Gasteiger partial charge is 0.411 e. The van der Waals surface area contributed by atoms with E-state index in [4.69, 9.17) is 0 Å². The summed E-state index contributed by atoms with van der Waals surface area (Å²) in [7, 11) is 0. The third-order valence-electron chi connectivity index (χ3n) is 3.33. The van der Waals surface area contributed by atoms with Crippen molar-refractivity contribution in [2.45, 2.75) is 32.8 Å². The zero-order chi connectivity index (χ0) is 18.8. The molecule has 1 heterocycles. The van der Waals surface area contributed by atoms with Gasteiger partial charge in [0.1, 0.15) is 6.61 Å². The molecule has 0 bridgehead atoms. The fourth-order valence-corrected chi connectivity index (χ4v) is 2.77. The number of guanidine groups is 1. The van der Waals surface area contributed by atoms with Crippen LogP contribution in [0.3, 0.4) is 0 Å². The second-order valence-electron chi connectivity index (χ2n) is 5.55. The predicted octanol–water partition coefficient (Wildman–Crippen LogP) is 4.08. The van der Waals surface area contributed by atoms with Gasteiger partial charge in [0.25, 0.3) is 0 Å². The highest BCUT2D eigenvalue weighted by Gasteiger charge is 2.27. The lowest BCUT2D eigenvalue weighted by atomic mass is 10.1. The van der Waals surface area contributed by atoms with E-state index in [0.29, 0.717) is 18.7 Å². The van der Waals surface area contributed by atoms with Crippen molar-refractivity contribution in [3.8, 4) is 0 Å². The molecule has 0 aliphatic rings. The summed E-state index contributed by atoms with van der Waals surface area (Å²) in [5, 5.41) is 8.48. The topological polar surface area (TPSA) is 45.7 Å². The van der Waals surface area contributed by atoms with Crippen molar-refractivity contribution in [3.05, 3.63) is 57.8 Å². The Kier molecular flexibility index (Phi) is 7.93. The number of ether oxygens (including phenoxy) is 1. The van der Waals surface area contributed by atoms with Gasteiger partial charge in [-0.2, -0.15) is 13.2 Å². The molecule has 2 aromatic rings. The monoisotopic (exact) mass is 385 g/mol. The van der Waals surface area contributed by atoms with Gasteiger partial charge >= 0.3 is 6.18 Å². The summed E-state index contributed by atoms with van der Waals surface area (Å²) in [6, 6.07) is 11.3. The first-order valence-electron chi connectivity index (χ1n) is 8.23. The fourth-order valence-electron chi connectivity index (χ4n) is 2.12. The van der Waals surface area contributed by atoms with Crippen LogP contribution in [0.5, 0.6) is 0 Å². The Morgan fingerprint density at radius 3 is 2.46 bits per heavy atom. The van der Waals surface area contributed by atoms with E-state index in [-0.39, 0.29) is 6.61 Å². The van der Waals surface area contributed by atoms with Gasteiger partial charge in [0.05, 0.1) is 19.7 Å². The van der Waals surface area contributed by atoms with E-state index in [1.165, 1.54) is 4.88 Å². The van der Waals surface area contributed by atoms with Gasteiger partial charge in [-0.1, -0.05) is 30.3 Å². The normalized spacial score (nSPS) is 12.2. The van der Waals surface area contributed by atoms with Crippen LogP contribution in [0.2, 0.25) is 0 Å². The molecular formula is C18H22F3N3OS. The molecule has 142 valence electrons. The first-order valence-corrected chi connectivity index (χ1v) is 9.11. The zero-order valence-electron chi connectivity index (χ0n) is 14.5. The molecule has 0 aliphatic heterocycles. The summed E-state index contributed by atoms with van der Waals surface area (Å²) < 4.78 is 40.8. The van der Waals surface area contributed by atoms with E-state index in [0.717, 1.165) is 18.1 Å². The molecule has 0 fully saturated rings. The van der Waals surface area contributed by atoms with Crippen LogP contribution in [0.25, 0.3) is 0 Å². The molecule has 8 heteroatoms. The number of hydrogen-bond acceptors (Lipinski definition) is 3. The third-order valence-corrected chi connectivity index (χ3v) is 4.21. The van der Waals surface area contributed by atoms with Crippen LogP contribution in [0.1, 0.15) is 22.9 Å². The Balaban J connectivity index is 1.83. The zero-order valence-corrected chi connectivity index (χ0v) is 15.3. The highest BCUT2D eigenvalue weighted by atomic mass is 32.1. The summed E-state index contributed by atoms with van der Waals surface area (Å²) in [6.07, 6.45) is -4.30. The highest BCUT2D eigenvalue weighted by Crippen LogP contribution is 2.16. The molecular weight excluding hydrogens is 363 g/mol. The average Bonchev–Trinajstić information content (AvgIpc) is 3.11. The molecule has 2 N–H and O–H groups in total. The van der Waals surface area contributed by atoms with Crippen molar-refractivity contribution >= 4 is 17.3 Å². The molecule has 0 amide bonds. The third kappa shape index (κ3) is 7.88. The molecule has 1 aromatic heterocycles. The maximum atomic E-state index is 12.1. The first kappa shape index (κ1) is 20.3. The summed E-state index contributed by atoms with van der Waals surface area (Å²) >= 11 is 1.68. The lowest BCUT2D eigenvalue weighted by Crippen LogP contribution is -2.36. The number of thiophene rings is 1. The number of benzene rings is 1. The number of nitrogens with one attached hydrogen (secondary N) is 2. The van der Waals surface area contributed by atoms with Crippen LogP contribution in [-0.4, -0.2) is 25.3 Å². The number of aliphatic imine (C=N–C) groups is 1. The van der Waals surface area contributed by atoms with Gasteiger partial charge in [-0.3, -0.25) is 0 Å². The molecule has 0 radical (unpaired) electrons. The van der Waals surface area contributed by atoms with E-state index in [9.17, 15) is 13.2 Å². The lowest BCUT2D eigenvalue weighted by molar-refractivity contribution is -0.176. The molecule has 4 nitrogen and oxygen atoms in total. The van der Waals surface area contributed by atoms with Gasteiger partial charge in [0, 0.05) is 11.4 Å². The van der Waals surface area contributed by atoms with Crippen molar-refractivity contribution in [1.29, 1.82) is 0 Å². The number of alkyl halides is 3. The first-order chi connectivity index (χ1) is 12.5. The maximum Gasteiger partial charge on any atom is 0.411 e. The second kappa shape index (κ2) is 10.2. The van der Waals surface area contributed by atoms with Gasteiger partial charge in [-0.15, -0.1) is 11.3 Å². The summed E-state index contributed by atoms with van der Waals surface area (Å²) in [5.74, 6) is 0.721. The Hall–Kier alpha value is -2.06. The van der Waals surface area contributed by atoms with Crippen LogP contribution in [-0.2, 0) is 24.4 Å². The van der Waals surface area contributed by atoms with Crippen molar-refractivity contribution in [3.63, 3.8) is 0 Å². The molecule has 0 spiro atoms. The van der Waals surface area contributed by atoms with E-state index in [1.807, 2.05) is 30.5 Å². The summed E-state index contributed by atoms with van der Waals surface area (Å²) in [4.78, 5) is 5.75. The van der Waals surface area contributed by atoms with Crippen LogP contribution in [0.15, 0.2) is 46.8 Å². The van der Waals surface area contributed by atoms with E-state index in [1.54, 1.807) is 23.5 Å². The summed E-state index contributed by atoms with van der Waals surface area (Å²) in [5.41, 5.74) is 1.67. The maximum absolute atomic E-state index is 12.1. The minimum atomic E-state index is -4.30. The minimum Gasteiger partial charge on any atom is -0.367 e. The highest BCUT2D eigenvalue weighted by molar-refractivity contribution is 7.09. The fraction of sp³-hybridized carbons (Fsp3) is 0.389. The van der Waals surface area contributed by atoms with E-state index in [2.05, 4.69) is 26.4 Å². The Morgan fingerprint density at radius 2 is 1.85 bits per heavy atom. The predicted molar refractivity (Wildman–Crippen MR) is 98.1 cm³/mol. The standard InChI is InChI=1S/C18H22F3N3OS/c1-2-22-17(24-11-16-4-3-9-26-16)23-10-14-5-7-15(8-6-14)12-25-13-18(19,20)21/h3-9H,2,10-13H2,1H3,(H2,22,23,24). The number of hydrogen-bond donors (Lipinski definition) is 2. The van der Waals surface area contributed by atoms with E-state index >= 15 is 0 Å². The quantitative estimate of drug-likeness (QED) is 0.532. The number of nitrogens with zero attached hydrogens (tertiary/aromatic N) is 1. The summed E-state index contributed by atoms with van der Waals surface area (Å²) in [6.45, 7) is 2.64. The number of halogens is 3. The minimum absolute atomic E-state index is 0.0614. The van der Waals surface area contributed by atoms with E-state index < -0.39 is 12.8 Å². The van der Waals surface area contributed by atoms with Crippen molar-refractivity contribution in [2.75, 3.05) is 13.2 Å². The molecule has 0 unspecified atom stereocenters. The van der Waals surface area contributed by atoms with Crippen molar-refractivity contribution in [2.24, 2.45) is 4.99 Å². The molecule has 0 aliphatic carbocycles. The van der Waals surface area contributed by atoms with Gasteiger partial charge in [0.15, 0.2) is 5.96 Å². The molecule has 0 atom stereocenters. The van der Waals surface area contributed by atoms with Crippen molar-refractivity contribution < 1.29 is 17.9 Å². The smallest absolute Gasteiger partial charge is 0.367 e. The molecule has 1 aromatic carbocycles. The van der Waals surface area contributed by atoms with Crippen molar-refractivity contribution in [1.82, 2.24) is 10.6 Å². The molecule has 26 heavy (non-hydrogen) atoms. The molecule has 0 saturated carbocycles. The Morgan fingerprint density at radius 1 is 1.12 bits per heavy atom. The van der Waals surface area contributed by atoms with Gasteiger partial charge in [-0.05, 0) is 29.5 Å². The van der Waals surface area contributed by atoms with Crippen LogP contribution >= 0.6 is 11.3 Å². The SMILES string of the molecule is CCNC(=NCc1ccc(COCC(F)(F)F)cc1)NCc1cccs1. The van der Waals surface area contributed by atoms with Crippen LogP contribution in [0, 0.1) is 0 Å². The second-order valence-corrected chi connectivity index (χ2v) is 6.58. The van der Waals surface area contributed by atoms with Crippen LogP contribution in [0.4, 0.5) is 13.2 Å². The molecule has 2 rings (SSSR count). The molecule has 0 saturated heterocycles. The van der Waals surface area contributed by atoms with Crippen LogP contribution < -0.4 is 10.6 Å². The van der Waals surface area contributed by atoms with Gasteiger partial charge in [-0.25, -0.2) is 4.99 Å². The lowest BCUT2D eigenvalue weighted by Gasteiger charge is -2.11. The Bertz CT molecular complexity index is 670. The Labute approximate surface area is 155 Å².